The number of carbonyl (C=O) groups excluding carboxylic acids is 1. The fourth-order valence-electron chi connectivity index (χ4n) is 3.93. The minimum atomic E-state index is -0.533. The zero-order valence-corrected chi connectivity index (χ0v) is 18.0. The molecule has 2 aliphatic heterocycles. The van der Waals surface area contributed by atoms with Crippen molar-refractivity contribution in [2.45, 2.75) is 57.7 Å². The molecule has 0 unspecified atom stereocenters. The molecule has 2 aromatic rings. The number of likely N-dealkylation sites (tertiary alicyclic amines) is 1. The average Bonchev–Trinajstić information content (AvgIpc) is 3.24. The van der Waals surface area contributed by atoms with Gasteiger partial charge in [0.15, 0.2) is 5.13 Å². The smallest absolute Gasteiger partial charge is 0.232 e. The molecule has 2 aliphatic rings. The number of hydrogen-bond acceptors (Lipinski definition) is 8. The standard InChI is InChI=1S/C20H26FN5O3S/c1-12-7-15(10-26(12)11-17-19(21)25-20(30-17)24-13(2)27)29-18-9-22-16(8-23-18)14-3-5-28-6-4-14/h8-9,12,14-15H,3-7,10-11H2,1-2H3,(H,24,25,27)/t12-,15+/m0/s1. The van der Waals surface area contributed by atoms with Crippen molar-refractivity contribution < 1.29 is 18.7 Å². The van der Waals surface area contributed by atoms with E-state index in [1.165, 1.54) is 18.3 Å². The van der Waals surface area contributed by atoms with Gasteiger partial charge < -0.3 is 14.8 Å². The summed E-state index contributed by atoms with van der Waals surface area (Å²) in [5.41, 5.74) is 0.989. The van der Waals surface area contributed by atoms with Crippen molar-refractivity contribution in [3.05, 3.63) is 28.9 Å². The minimum absolute atomic E-state index is 0.0333. The summed E-state index contributed by atoms with van der Waals surface area (Å²) in [5, 5.41) is 2.82. The molecule has 30 heavy (non-hydrogen) atoms. The fraction of sp³-hybridized carbons (Fsp3) is 0.600. The van der Waals surface area contributed by atoms with Crippen molar-refractivity contribution in [2.75, 3.05) is 25.1 Å². The van der Waals surface area contributed by atoms with E-state index in [1.54, 1.807) is 12.4 Å². The first-order valence-electron chi connectivity index (χ1n) is 10.2. The Labute approximate surface area is 178 Å². The molecular weight excluding hydrogens is 409 g/mol. The van der Waals surface area contributed by atoms with Crippen LogP contribution >= 0.6 is 11.3 Å². The van der Waals surface area contributed by atoms with Crippen LogP contribution in [0, 0.1) is 5.95 Å². The van der Waals surface area contributed by atoms with Crippen LogP contribution in [0.15, 0.2) is 12.4 Å². The third-order valence-electron chi connectivity index (χ3n) is 5.52. The maximum Gasteiger partial charge on any atom is 0.232 e. The third kappa shape index (κ3) is 5.11. The predicted molar refractivity (Wildman–Crippen MR) is 110 cm³/mol. The lowest BCUT2D eigenvalue weighted by Crippen LogP contribution is -2.28. The van der Waals surface area contributed by atoms with Crippen LogP contribution in [0.25, 0.3) is 0 Å². The molecule has 0 radical (unpaired) electrons. The van der Waals surface area contributed by atoms with Crippen LogP contribution in [0.4, 0.5) is 9.52 Å². The zero-order chi connectivity index (χ0) is 21.1. The number of hydrogen-bond donors (Lipinski definition) is 1. The van der Waals surface area contributed by atoms with Crippen molar-refractivity contribution in [1.82, 2.24) is 19.9 Å². The lowest BCUT2D eigenvalue weighted by molar-refractivity contribution is -0.114. The SMILES string of the molecule is CC(=O)Nc1nc(F)c(CN2C[C@H](Oc3cnc(C4CCOCC4)cn3)C[C@@H]2C)s1. The van der Waals surface area contributed by atoms with Crippen LogP contribution in [-0.2, 0) is 16.1 Å². The maximum absolute atomic E-state index is 14.1. The Morgan fingerprint density at radius 2 is 2.17 bits per heavy atom. The number of nitrogens with zero attached hydrogens (tertiary/aromatic N) is 4. The number of thiazole rings is 1. The normalized spacial score (nSPS) is 22.9. The molecule has 4 rings (SSSR count). The van der Waals surface area contributed by atoms with E-state index in [-0.39, 0.29) is 23.2 Å². The second-order valence-electron chi connectivity index (χ2n) is 7.83. The molecule has 1 amide bonds. The van der Waals surface area contributed by atoms with E-state index >= 15 is 0 Å². The molecular formula is C20H26FN5O3S. The zero-order valence-electron chi connectivity index (χ0n) is 17.1. The van der Waals surface area contributed by atoms with Gasteiger partial charge in [0.25, 0.3) is 0 Å². The first-order chi connectivity index (χ1) is 14.5. The molecule has 2 atom stereocenters. The average molecular weight is 436 g/mol. The number of amides is 1. The molecule has 2 saturated heterocycles. The second-order valence-corrected chi connectivity index (χ2v) is 8.92. The van der Waals surface area contributed by atoms with E-state index < -0.39 is 5.95 Å². The predicted octanol–water partition coefficient (Wildman–Crippen LogP) is 2.97. The number of anilines is 1. The Kier molecular flexibility index (Phi) is 6.55. The molecule has 2 fully saturated rings. The molecule has 1 N–H and O–H groups in total. The number of ether oxygens (including phenoxy) is 2. The van der Waals surface area contributed by atoms with Crippen molar-refractivity contribution in [3.8, 4) is 5.88 Å². The molecule has 162 valence electrons. The van der Waals surface area contributed by atoms with Crippen molar-refractivity contribution >= 4 is 22.4 Å². The molecule has 10 heteroatoms. The summed E-state index contributed by atoms with van der Waals surface area (Å²) in [7, 11) is 0. The van der Waals surface area contributed by atoms with Crippen LogP contribution in [0.2, 0.25) is 0 Å². The van der Waals surface area contributed by atoms with E-state index in [1.807, 2.05) is 0 Å². The van der Waals surface area contributed by atoms with E-state index in [0.717, 1.165) is 38.2 Å². The molecule has 2 aromatic heterocycles. The van der Waals surface area contributed by atoms with E-state index in [2.05, 4.69) is 32.1 Å². The molecule has 8 nitrogen and oxygen atoms in total. The summed E-state index contributed by atoms with van der Waals surface area (Å²) in [6.45, 7) is 6.11. The summed E-state index contributed by atoms with van der Waals surface area (Å²) in [6, 6.07) is 0.232. The molecule has 0 saturated carbocycles. The minimum Gasteiger partial charge on any atom is -0.472 e. The number of halogens is 1. The number of nitrogens with one attached hydrogen (secondary N) is 1. The van der Waals surface area contributed by atoms with Gasteiger partial charge in [-0.25, -0.2) is 4.98 Å². The summed E-state index contributed by atoms with van der Waals surface area (Å²) in [6.07, 6.45) is 6.23. The molecule has 0 aromatic carbocycles. The van der Waals surface area contributed by atoms with Gasteiger partial charge in [0.2, 0.25) is 17.7 Å². The van der Waals surface area contributed by atoms with Crippen LogP contribution in [-0.4, -0.2) is 57.7 Å². The highest BCUT2D eigenvalue weighted by Gasteiger charge is 2.32. The fourth-order valence-corrected chi connectivity index (χ4v) is 4.85. The number of aromatic nitrogens is 3. The Bertz CT molecular complexity index is 872. The highest BCUT2D eigenvalue weighted by molar-refractivity contribution is 7.15. The topological polar surface area (TPSA) is 89.5 Å². The van der Waals surface area contributed by atoms with Crippen molar-refractivity contribution in [3.63, 3.8) is 0 Å². The van der Waals surface area contributed by atoms with E-state index in [4.69, 9.17) is 9.47 Å². The van der Waals surface area contributed by atoms with Crippen LogP contribution in [0.5, 0.6) is 5.88 Å². The monoisotopic (exact) mass is 435 g/mol. The van der Waals surface area contributed by atoms with Gasteiger partial charge in [-0.05, 0) is 19.8 Å². The quantitative estimate of drug-likeness (QED) is 0.746. The van der Waals surface area contributed by atoms with Gasteiger partial charge >= 0.3 is 0 Å². The lowest BCUT2D eigenvalue weighted by Gasteiger charge is -2.21. The van der Waals surface area contributed by atoms with Crippen molar-refractivity contribution in [1.29, 1.82) is 0 Å². The lowest BCUT2D eigenvalue weighted by atomic mass is 9.97. The summed E-state index contributed by atoms with van der Waals surface area (Å²) in [4.78, 5) is 26.6. The molecule has 0 bridgehead atoms. The van der Waals surface area contributed by atoms with Crippen LogP contribution in [0.1, 0.15) is 49.6 Å². The highest BCUT2D eigenvalue weighted by Crippen LogP contribution is 2.29. The molecule has 0 spiro atoms. The Hall–Kier alpha value is -2.17. The van der Waals surface area contributed by atoms with Crippen LogP contribution in [0.3, 0.4) is 0 Å². The van der Waals surface area contributed by atoms with Crippen LogP contribution < -0.4 is 10.1 Å². The first kappa shape index (κ1) is 21.1. The van der Waals surface area contributed by atoms with Gasteiger partial charge in [-0.3, -0.25) is 14.7 Å². The van der Waals surface area contributed by atoms with Gasteiger partial charge in [0, 0.05) is 51.6 Å². The summed E-state index contributed by atoms with van der Waals surface area (Å²) >= 11 is 1.17. The number of rotatable bonds is 6. The van der Waals surface area contributed by atoms with E-state index in [9.17, 15) is 9.18 Å². The molecule has 4 heterocycles. The van der Waals surface area contributed by atoms with Gasteiger partial charge in [0.05, 0.1) is 23.0 Å². The van der Waals surface area contributed by atoms with Gasteiger partial charge in [-0.1, -0.05) is 11.3 Å². The maximum atomic E-state index is 14.1. The summed E-state index contributed by atoms with van der Waals surface area (Å²) in [5.74, 6) is 0.123. The second kappa shape index (κ2) is 9.32. The Morgan fingerprint density at radius 3 is 2.87 bits per heavy atom. The Morgan fingerprint density at radius 1 is 1.37 bits per heavy atom. The largest absolute Gasteiger partial charge is 0.472 e. The van der Waals surface area contributed by atoms with Gasteiger partial charge in [-0.2, -0.15) is 9.37 Å². The van der Waals surface area contributed by atoms with Gasteiger partial charge in [-0.15, -0.1) is 0 Å². The first-order valence-corrected chi connectivity index (χ1v) is 11.0. The highest BCUT2D eigenvalue weighted by atomic mass is 32.1. The van der Waals surface area contributed by atoms with Crippen molar-refractivity contribution in [2.24, 2.45) is 0 Å². The van der Waals surface area contributed by atoms with Gasteiger partial charge in [0.1, 0.15) is 6.10 Å². The Balaban J connectivity index is 1.33. The third-order valence-corrected chi connectivity index (χ3v) is 6.45. The molecule has 0 aliphatic carbocycles. The summed E-state index contributed by atoms with van der Waals surface area (Å²) < 4.78 is 25.6. The van der Waals surface area contributed by atoms with E-state index in [0.29, 0.717) is 29.8 Å². The number of carbonyl (C=O) groups is 1.